The van der Waals surface area contributed by atoms with Gasteiger partial charge in [-0.2, -0.15) is 0 Å². The van der Waals surface area contributed by atoms with E-state index in [9.17, 15) is 19.5 Å². The molecule has 2 N–H and O–H groups in total. The first-order valence-corrected chi connectivity index (χ1v) is 10.4. The Morgan fingerprint density at radius 3 is 2.54 bits per heavy atom. The average molecular weight is 467 g/mol. The van der Waals surface area contributed by atoms with Crippen molar-refractivity contribution in [1.29, 1.82) is 0 Å². The monoisotopic (exact) mass is 465 g/mol. The van der Waals surface area contributed by atoms with Gasteiger partial charge in [0, 0.05) is 5.75 Å². The number of aliphatic hydroxyl groups is 1. The topological polar surface area (TPSA) is 113 Å². The van der Waals surface area contributed by atoms with Gasteiger partial charge < -0.3 is 19.7 Å². The molecule has 146 valence electrons. The van der Waals surface area contributed by atoms with E-state index in [0.29, 0.717) is 9.99 Å². The van der Waals surface area contributed by atoms with Gasteiger partial charge in [-0.15, -0.1) is 11.8 Å². The third kappa shape index (κ3) is 4.48. The molecule has 0 aromatic rings. The second kappa shape index (κ2) is 9.11. The van der Waals surface area contributed by atoms with Crippen LogP contribution in [0.4, 0.5) is 4.79 Å². The van der Waals surface area contributed by atoms with E-state index < -0.39 is 45.8 Å². The molecule has 4 atom stereocenters. The van der Waals surface area contributed by atoms with Crippen LogP contribution in [0.3, 0.4) is 0 Å². The van der Waals surface area contributed by atoms with Gasteiger partial charge in [0.25, 0.3) is 0 Å². The minimum absolute atomic E-state index is 0.123. The lowest BCUT2D eigenvalue weighted by atomic mass is 9.92. The molecule has 13 heteroatoms. The molecule has 1 amide bonds. The van der Waals surface area contributed by atoms with E-state index in [2.05, 4.69) is 4.74 Å². The molecule has 2 aliphatic heterocycles. The number of carboxylic acid groups (broad SMARTS) is 1. The molecule has 2 aliphatic rings. The van der Waals surface area contributed by atoms with E-state index in [1.54, 1.807) is 0 Å². The number of fused-ring (bicyclic) bond motifs is 1. The number of alkyl halides is 3. The zero-order valence-electron chi connectivity index (χ0n) is 13.1. The van der Waals surface area contributed by atoms with Crippen molar-refractivity contribution in [2.24, 2.45) is 5.92 Å². The molecule has 0 radical (unpaired) electrons. The SMILES string of the molecule is CC(OC(=O)OC(Cl)C(Cl)Cl)[C@H]1C(=O)N2C(C(=O)O)=C(SCCO)S[C@H]12. The number of aliphatic hydroxyl groups excluding tert-OH is 1. The van der Waals surface area contributed by atoms with Crippen molar-refractivity contribution in [1.82, 2.24) is 4.90 Å². The van der Waals surface area contributed by atoms with Gasteiger partial charge in [0.1, 0.15) is 17.4 Å². The van der Waals surface area contributed by atoms with Crippen molar-refractivity contribution in [3.8, 4) is 0 Å². The summed E-state index contributed by atoms with van der Waals surface area (Å²) in [6.07, 6.45) is -2.02. The molecule has 2 rings (SSSR count). The van der Waals surface area contributed by atoms with Crippen LogP contribution in [0, 0.1) is 5.92 Å². The zero-order chi connectivity index (χ0) is 19.6. The minimum atomic E-state index is -1.31. The van der Waals surface area contributed by atoms with E-state index in [4.69, 9.17) is 44.6 Å². The average Bonchev–Trinajstić information content (AvgIpc) is 2.87. The second-order valence-electron chi connectivity index (χ2n) is 5.13. The van der Waals surface area contributed by atoms with Crippen LogP contribution < -0.4 is 0 Å². The molecule has 0 bridgehead atoms. The summed E-state index contributed by atoms with van der Waals surface area (Å²) in [6, 6.07) is 0. The number of rotatable bonds is 8. The number of amides is 1. The van der Waals surface area contributed by atoms with Gasteiger partial charge in [0.2, 0.25) is 11.5 Å². The fourth-order valence-electron chi connectivity index (χ4n) is 2.37. The normalized spacial score (nSPS) is 24.2. The molecule has 0 saturated carbocycles. The number of ether oxygens (including phenoxy) is 2. The van der Waals surface area contributed by atoms with Crippen molar-refractivity contribution in [3.05, 3.63) is 9.93 Å². The molecule has 2 unspecified atom stereocenters. The lowest BCUT2D eigenvalue weighted by Gasteiger charge is -2.44. The van der Waals surface area contributed by atoms with Crippen LogP contribution in [0.1, 0.15) is 6.92 Å². The molecule has 1 fully saturated rings. The number of aliphatic carboxylic acids is 1. The van der Waals surface area contributed by atoms with Gasteiger partial charge in [0.05, 0.1) is 10.8 Å². The molecular formula is C13H14Cl3NO7S2. The highest BCUT2D eigenvalue weighted by atomic mass is 35.5. The Bertz CT molecular complexity index is 633. The maximum absolute atomic E-state index is 12.4. The van der Waals surface area contributed by atoms with Gasteiger partial charge in [-0.1, -0.05) is 46.6 Å². The van der Waals surface area contributed by atoms with Crippen LogP contribution in [-0.2, 0) is 19.1 Å². The third-order valence-electron chi connectivity index (χ3n) is 3.47. The summed E-state index contributed by atoms with van der Waals surface area (Å²) in [7, 11) is 0. The first-order chi connectivity index (χ1) is 12.2. The van der Waals surface area contributed by atoms with Crippen molar-refractivity contribution in [2.75, 3.05) is 12.4 Å². The molecule has 0 spiro atoms. The maximum Gasteiger partial charge on any atom is 0.510 e. The quantitative estimate of drug-likeness (QED) is 0.316. The number of hydrogen-bond acceptors (Lipinski definition) is 8. The lowest BCUT2D eigenvalue weighted by molar-refractivity contribution is -0.157. The first kappa shape index (κ1) is 21.8. The Hall–Kier alpha value is -0.520. The van der Waals surface area contributed by atoms with Gasteiger partial charge >= 0.3 is 12.1 Å². The second-order valence-corrected chi connectivity index (χ2v) is 9.22. The highest BCUT2D eigenvalue weighted by molar-refractivity contribution is 8.22. The molecule has 0 aromatic heterocycles. The molecule has 0 aliphatic carbocycles. The molecule has 26 heavy (non-hydrogen) atoms. The summed E-state index contributed by atoms with van der Waals surface area (Å²) < 4.78 is 10.1. The Balaban J connectivity index is 2.01. The van der Waals surface area contributed by atoms with Crippen molar-refractivity contribution >= 4 is 76.4 Å². The molecule has 8 nitrogen and oxygen atoms in total. The fraction of sp³-hybridized carbons (Fsp3) is 0.615. The van der Waals surface area contributed by atoms with E-state index in [-0.39, 0.29) is 12.3 Å². The summed E-state index contributed by atoms with van der Waals surface area (Å²) in [5, 5.41) is 17.8. The lowest BCUT2D eigenvalue weighted by Crippen LogP contribution is -2.61. The number of β-lactam (4-membered cyclic amide) rings is 1. The molecule has 0 aromatic carbocycles. The summed E-state index contributed by atoms with van der Waals surface area (Å²) in [5.74, 6) is -2.16. The zero-order valence-corrected chi connectivity index (χ0v) is 17.0. The van der Waals surface area contributed by atoms with Crippen molar-refractivity contribution in [3.63, 3.8) is 0 Å². The van der Waals surface area contributed by atoms with E-state index in [0.717, 1.165) is 16.7 Å². The van der Waals surface area contributed by atoms with Crippen molar-refractivity contribution in [2.45, 2.75) is 28.8 Å². The number of thioether (sulfide) groups is 2. The highest BCUT2D eigenvalue weighted by Crippen LogP contribution is 2.54. The predicted molar refractivity (Wildman–Crippen MR) is 98.1 cm³/mol. The van der Waals surface area contributed by atoms with Crippen LogP contribution in [-0.4, -0.2) is 67.4 Å². The number of carboxylic acids is 1. The van der Waals surface area contributed by atoms with Gasteiger partial charge in [-0.05, 0) is 6.92 Å². The standard InChI is InChI=1S/C13H14Cl3NO7S2/c1-4(23-13(22)24-8(16)7(14)15)5-9(19)17-6(11(20)21)12(25-3-2-18)26-10(5)17/h4-5,7-8,10,18H,2-3H2,1H3,(H,20,21)/t4?,5-,8?,10+/m0/s1. The number of hydrogen-bond donors (Lipinski definition) is 2. The van der Waals surface area contributed by atoms with Gasteiger partial charge in [0.15, 0.2) is 10.5 Å². The van der Waals surface area contributed by atoms with E-state index >= 15 is 0 Å². The third-order valence-corrected chi connectivity index (χ3v) is 7.16. The summed E-state index contributed by atoms with van der Waals surface area (Å²) in [4.78, 5) is 35.5. The first-order valence-electron chi connectivity index (χ1n) is 7.19. The van der Waals surface area contributed by atoms with Crippen LogP contribution in [0.25, 0.3) is 0 Å². The van der Waals surface area contributed by atoms with Crippen LogP contribution >= 0.6 is 58.3 Å². The van der Waals surface area contributed by atoms with Crippen LogP contribution in [0.2, 0.25) is 0 Å². The predicted octanol–water partition coefficient (Wildman–Crippen LogP) is 2.41. The van der Waals surface area contributed by atoms with Gasteiger partial charge in [-0.25, -0.2) is 9.59 Å². The molecule has 1 saturated heterocycles. The number of halogens is 3. The smallest absolute Gasteiger partial charge is 0.477 e. The number of nitrogens with zero attached hydrogens (tertiary/aromatic N) is 1. The Morgan fingerprint density at radius 2 is 2.00 bits per heavy atom. The highest BCUT2D eigenvalue weighted by Gasteiger charge is 2.59. The summed E-state index contributed by atoms with van der Waals surface area (Å²) in [6.45, 7) is 1.36. The largest absolute Gasteiger partial charge is 0.510 e. The van der Waals surface area contributed by atoms with Crippen LogP contribution in [0.15, 0.2) is 9.93 Å². The summed E-state index contributed by atoms with van der Waals surface area (Å²) in [5.41, 5.74) is -1.43. The van der Waals surface area contributed by atoms with E-state index in [1.807, 2.05) is 0 Å². The number of carbonyl (C=O) groups is 3. The fourth-order valence-corrected chi connectivity index (χ4v) is 5.28. The maximum atomic E-state index is 12.4. The van der Waals surface area contributed by atoms with Crippen molar-refractivity contribution < 1.29 is 34.1 Å². The summed E-state index contributed by atoms with van der Waals surface area (Å²) >= 11 is 18.9. The number of carbonyl (C=O) groups excluding carboxylic acids is 2. The minimum Gasteiger partial charge on any atom is -0.477 e. The van der Waals surface area contributed by atoms with E-state index in [1.165, 1.54) is 18.7 Å². The van der Waals surface area contributed by atoms with Gasteiger partial charge in [-0.3, -0.25) is 9.69 Å². The van der Waals surface area contributed by atoms with Crippen LogP contribution in [0.5, 0.6) is 0 Å². The Morgan fingerprint density at radius 1 is 1.35 bits per heavy atom. The Kier molecular flexibility index (Phi) is 7.63. The molecule has 2 heterocycles. The Labute approximate surface area is 172 Å². The molecular weight excluding hydrogens is 453 g/mol.